The molecule has 0 bridgehead atoms. The van der Waals surface area contributed by atoms with Crippen LogP contribution in [-0.2, 0) is 13.2 Å². The van der Waals surface area contributed by atoms with E-state index in [9.17, 15) is 13.2 Å². The van der Waals surface area contributed by atoms with Gasteiger partial charge in [-0.05, 0) is 26.8 Å². The van der Waals surface area contributed by atoms with Crippen molar-refractivity contribution in [3.05, 3.63) is 34.9 Å². The lowest BCUT2D eigenvalue weighted by Crippen LogP contribution is -2.14. The Labute approximate surface area is 120 Å². The van der Waals surface area contributed by atoms with Crippen LogP contribution in [-0.4, -0.2) is 19.7 Å². The van der Waals surface area contributed by atoms with Crippen LogP contribution < -0.4 is 5.32 Å². The second-order valence-corrected chi connectivity index (χ2v) is 4.84. The molecule has 0 aromatic carbocycles. The van der Waals surface area contributed by atoms with Crippen LogP contribution in [0.15, 0.2) is 12.3 Å². The summed E-state index contributed by atoms with van der Waals surface area (Å²) < 4.78 is 39.6. The van der Waals surface area contributed by atoms with Gasteiger partial charge in [0, 0.05) is 24.5 Å². The van der Waals surface area contributed by atoms with Gasteiger partial charge in [-0.2, -0.15) is 18.3 Å². The van der Waals surface area contributed by atoms with Crippen LogP contribution >= 0.6 is 0 Å². The molecule has 0 spiro atoms. The van der Waals surface area contributed by atoms with E-state index in [0.29, 0.717) is 0 Å². The van der Waals surface area contributed by atoms with Gasteiger partial charge in [0.2, 0.25) is 5.95 Å². The number of rotatable bonds is 3. The molecule has 21 heavy (non-hydrogen) atoms. The summed E-state index contributed by atoms with van der Waals surface area (Å²) in [6.07, 6.45) is -3.39. The molecule has 2 aromatic heterocycles. The summed E-state index contributed by atoms with van der Waals surface area (Å²) >= 11 is 0. The first-order valence-electron chi connectivity index (χ1n) is 6.37. The van der Waals surface area contributed by atoms with Crippen LogP contribution in [0.4, 0.5) is 19.1 Å². The maximum absolute atomic E-state index is 12.6. The molecule has 0 unspecified atom stereocenters. The van der Waals surface area contributed by atoms with Crippen molar-refractivity contribution in [1.29, 1.82) is 0 Å². The maximum atomic E-state index is 12.6. The van der Waals surface area contributed by atoms with Crippen molar-refractivity contribution in [3.8, 4) is 0 Å². The van der Waals surface area contributed by atoms with E-state index in [2.05, 4.69) is 20.4 Å². The predicted octanol–water partition coefficient (Wildman–Crippen LogP) is 3.02. The first kappa shape index (κ1) is 15.3. The van der Waals surface area contributed by atoms with Crippen LogP contribution in [0.2, 0.25) is 0 Å². The lowest BCUT2D eigenvalue weighted by molar-refractivity contribution is -0.141. The fourth-order valence-electron chi connectivity index (χ4n) is 2.27. The van der Waals surface area contributed by atoms with Gasteiger partial charge in [-0.25, -0.2) is 9.97 Å². The summed E-state index contributed by atoms with van der Waals surface area (Å²) in [6, 6.07) is 0.596. The van der Waals surface area contributed by atoms with E-state index in [-0.39, 0.29) is 12.0 Å². The zero-order valence-corrected chi connectivity index (χ0v) is 12.2. The summed E-state index contributed by atoms with van der Waals surface area (Å²) in [5.74, 6) is -0.0556. The topological polar surface area (TPSA) is 55.6 Å². The van der Waals surface area contributed by atoms with E-state index in [1.54, 1.807) is 4.68 Å². The second kappa shape index (κ2) is 5.34. The lowest BCUT2D eigenvalue weighted by atomic mass is 10.1. The zero-order valence-electron chi connectivity index (χ0n) is 12.2. The molecule has 0 saturated heterocycles. The number of alkyl halides is 3. The van der Waals surface area contributed by atoms with Gasteiger partial charge in [-0.1, -0.05) is 0 Å². The lowest BCUT2D eigenvalue weighted by Gasteiger charge is -2.15. The third-order valence-electron chi connectivity index (χ3n) is 3.29. The van der Waals surface area contributed by atoms with Crippen LogP contribution in [0.25, 0.3) is 0 Å². The highest BCUT2D eigenvalue weighted by Gasteiger charge is 2.33. The molecule has 5 nitrogen and oxygen atoms in total. The van der Waals surface area contributed by atoms with E-state index in [4.69, 9.17) is 0 Å². The third-order valence-corrected chi connectivity index (χ3v) is 3.29. The van der Waals surface area contributed by atoms with Crippen molar-refractivity contribution in [2.45, 2.75) is 33.0 Å². The third kappa shape index (κ3) is 3.14. The predicted molar refractivity (Wildman–Crippen MR) is 71.8 cm³/mol. The van der Waals surface area contributed by atoms with Gasteiger partial charge in [0.1, 0.15) is 5.69 Å². The number of hydrogen-bond acceptors (Lipinski definition) is 4. The van der Waals surface area contributed by atoms with Gasteiger partial charge in [0.25, 0.3) is 0 Å². The second-order valence-electron chi connectivity index (χ2n) is 4.84. The Morgan fingerprint density at radius 1 is 1.29 bits per heavy atom. The normalized spacial score (nSPS) is 13.3. The Morgan fingerprint density at radius 2 is 1.95 bits per heavy atom. The minimum Gasteiger partial charge on any atom is -0.348 e. The molecule has 1 N–H and O–H groups in total. The number of anilines is 1. The number of nitrogens with one attached hydrogen (secondary N) is 1. The molecule has 0 aliphatic rings. The quantitative estimate of drug-likeness (QED) is 0.946. The van der Waals surface area contributed by atoms with E-state index in [1.807, 2.05) is 27.8 Å². The van der Waals surface area contributed by atoms with Crippen LogP contribution in [0.5, 0.6) is 0 Å². The van der Waals surface area contributed by atoms with E-state index in [0.717, 1.165) is 29.2 Å². The molecule has 0 radical (unpaired) electrons. The Morgan fingerprint density at radius 3 is 2.48 bits per heavy atom. The van der Waals surface area contributed by atoms with E-state index >= 15 is 0 Å². The summed E-state index contributed by atoms with van der Waals surface area (Å²) in [4.78, 5) is 7.34. The van der Waals surface area contributed by atoms with Crippen molar-refractivity contribution in [2.24, 2.45) is 7.05 Å². The molecule has 0 fully saturated rings. The molecule has 0 saturated carbocycles. The molecular formula is C13H16F3N5. The fraction of sp³-hybridized carbons (Fsp3) is 0.462. The molecule has 0 amide bonds. The summed E-state index contributed by atoms with van der Waals surface area (Å²) in [7, 11) is 1.82. The highest BCUT2D eigenvalue weighted by Crippen LogP contribution is 2.28. The first-order chi connectivity index (χ1) is 9.70. The van der Waals surface area contributed by atoms with Crippen molar-refractivity contribution < 1.29 is 13.2 Å². The molecule has 2 aromatic rings. The Balaban J connectivity index is 2.26. The highest BCUT2D eigenvalue weighted by atomic mass is 19.4. The Hall–Kier alpha value is -2.12. The largest absolute Gasteiger partial charge is 0.433 e. The van der Waals surface area contributed by atoms with Crippen molar-refractivity contribution in [1.82, 2.24) is 19.7 Å². The number of aryl methyl sites for hydroxylation is 2. The summed E-state index contributed by atoms with van der Waals surface area (Å²) in [6.45, 7) is 5.59. The summed E-state index contributed by atoms with van der Waals surface area (Å²) in [5, 5.41) is 7.18. The molecular weight excluding hydrogens is 283 g/mol. The standard InChI is InChI=1S/C13H16F3N5/c1-7(11-8(2)20-21(4)9(11)3)18-12-17-6-5-10(19-12)13(14,15)16/h5-7H,1-4H3,(H,17,18,19)/t7-/m1/s1. The minimum absolute atomic E-state index is 0.0556. The molecule has 0 aliphatic carbocycles. The molecule has 114 valence electrons. The number of nitrogens with zero attached hydrogens (tertiary/aromatic N) is 4. The van der Waals surface area contributed by atoms with Gasteiger partial charge in [0.05, 0.1) is 11.7 Å². The molecule has 2 rings (SSSR count). The van der Waals surface area contributed by atoms with Gasteiger partial charge >= 0.3 is 6.18 Å². The van der Waals surface area contributed by atoms with Crippen molar-refractivity contribution in [2.75, 3.05) is 5.32 Å². The van der Waals surface area contributed by atoms with E-state index < -0.39 is 11.9 Å². The average molecular weight is 299 g/mol. The summed E-state index contributed by atoms with van der Waals surface area (Å²) in [5.41, 5.74) is 1.73. The first-order valence-corrected chi connectivity index (χ1v) is 6.37. The zero-order chi connectivity index (χ0) is 15.8. The van der Waals surface area contributed by atoms with Gasteiger partial charge in [-0.3, -0.25) is 4.68 Å². The minimum atomic E-state index is -4.48. The van der Waals surface area contributed by atoms with Crippen LogP contribution in [0, 0.1) is 13.8 Å². The van der Waals surface area contributed by atoms with Crippen molar-refractivity contribution >= 4 is 5.95 Å². The monoisotopic (exact) mass is 299 g/mol. The van der Waals surface area contributed by atoms with Crippen LogP contribution in [0.3, 0.4) is 0 Å². The molecule has 2 heterocycles. The number of halogens is 3. The smallest absolute Gasteiger partial charge is 0.348 e. The van der Waals surface area contributed by atoms with Gasteiger partial charge in [-0.15, -0.1) is 0 Å². The number of hydrogen-bond donors (Lipinski definition) is 1. The molecule has 1 atom stereocenters. The Bertz CT molecular complexity index is 648. The SMILES string of the molecule is Cc1nn(C)c(C)c1[C@@H](C)Nc1nccc(C(F)(F)F)n1. The fourth-order valence-corrected chi connectivity index (χ4v) is 2.27. The number of aromatic nitrogens is 4. The van der Waals surface area contributed by atoms with Crippen molar-refractivity contribution in [3.63, 3.8) is 0 Å². The van der Waals surface area contributed by atoms with Gasteiger partial charge in [0.15, 0.2) is 0 Å². The average Bonchev–Trinajstić information content (AvgIpc) is 2.62. The van der Waals surface area contributed by atoms with Crippen LogP contribution in [0.1, 0.15) is 35.6 Å². The Kier molecular flexibility index (Phi) is 3.89. The molecule has 0 aliphatic heterocycles. The highest BCUT2D eigenvalue weighted by molar-refractivity contribution is 5.36. The molecule has 8 heteroatoms. The maximum Gasteiger partial charge on any atom is 0.433 e. The van der Waals surface area contributed by atoms with E-state index in [1.165, 1.54) is 0 Å². The van der Waals surface area contributed by atoms with Gasteiger partial charge < -0.3 is 5.32 Å².